The summed E-state index contributed by atoms with van der Waals surface area (Å²) in [4.78, 5) is 0. The molecule has 0 heterocycles. The Labute approximate surface area is 87.4 Å². The normalized spacial score (nSPS) is 27.2. The Balaban J connectivity index is 1.74. The number of halogens is 3. The first-order valence-corrected chi connectivity index (χ1v) is 5.48. The first-order valence-electron chi connectivity index (χ1n) is 5.48. The minimum Gasteiger partial charge on any atom is -0.325 e. The van der Waals surface area contributed by atoms with E-state index in [0.717, 1.165) is 19.3 Å². The average Bonchev–Trinajstić information content (AvgIpc) is 2.81. The molecule has 15 heavy (non-hydrogen) atoms. The third-order valence-corrected chi connectivity index (χ3v) is 3.73. The fourth-order valence-corrected chi connectivity index (χ4v) is 2.12. The smallest absolute Gasteiger partial charge is 0.325 e. The second kappa shape index (κ2) is 3.35. The third kappa shape index (κ3) is 2.13. The topological polar surface area (TPSA) is 38.0 Å². The van der Waals surface area contributed by atoms with Gasteiger partial charge in [-0.2, -0.15) is 13.2 Å². The Kier molecular flexibility index (Phi) is 2.50. The molecule has 0 bridgehead atoms. The molecule has 0 atom stereocenters. The predicted molar refractivity (Wildman–Crippen MR) is 51.4 cm³/mol. The number of nitrogens with two attached hydrogens (primary N) is 1. The second-order valence-electron chi connectivity index (χ2n) is 4.97. The van der Waals surface area contributed by atoms with E-state index in [9.17, 15) is 13.2 Å². The molecule has 2 rings (SSSR count). The highest BCUT2D eigenvalue weighted by molar-refractivity contribution is 5.08. The van der Waals surface area contributed by atoms with Gasteiger partial charge >= 0.3 is 6.18 Å². The Hall–Kier alpha value is -0.290. The Morgan fingerprint density at radius 2 is 1.73 bits per heavy atom. The molecule has 2 saturated carbocycles. The summed E-state index contributed by atoms with van der Waals surface area (Å²) >= 11 is 0. The van der Waals surface area contributed by atoms with E-state index in [4.69, 9.17) is 5.73 Å². The van der Waals surface area contributed by atoms with E-state index < -0.39 is 11.7 Å². The van der Waals surface area contributed by atoms with Crippen molar-refractivity contribution >= 4 is 0 Å². The molecule has 88 valence electrons. The molecule has 2 aliphatic carbocycles. The molecule has 0 radical (unpaired) electrons. The first-order chi connectivity index (χ1) is 6.87. The summed E-state index contributed by atoms with van der Waals surface area (Å²) in [6.07, 6.45) is 0.00363. The van der Waals surface area contributed by atoms with Gasteiger partial charge in [0.05, 0.1) is 0 Å². The SMILES string of the molecule is NC1(CCNC2(C(F)(F)F)CC2)CCC1. The highest BCUT2D eigenvalue weighted by Crippen LogP contribution is 2.49. The van der Waals surface area contributed by atoms with E-state index in [2.05, 4.69) is 5.32 Å². The minimum absolute atomic E-state index is 0.186. The van der Waals surface area contributed by atoms with Crippen LogP contribution in [0.3, 0.4) is 0 Å². The lowest BCUT2D eigenvalue weighted by Gasteiger charge is -2.38. The number of rotatable bonds is 4. The Morgan fingerprint density at radius 3 is 2.07 bits per heavy atom. The van der Waals surface area contributed by atoms with Gasteiger partial charge in [0.2, 0.25) is 0 Å². The van der Waals surface area contributed by atoms with Crippen LogP contribution in [0, 0.1) is 0 Å². The van der Waals surface area contributed by atoms with E-state index in [1.54, 1.807) is 0 Å². The molecular formula is C10H17F3N2. The number of alkyl halides is 3. The van der Waals surface area contributed by atoms with E-state index in [-0.39, 0.29) is 18.4 Å². The van der Waals surface area contributed by atoms with Gasteiger partial charge in [0.15, 0.2) is 0 Å². The van der Waals surface area contributed by atoms with Crippen molar-refractivity contribution in [2.45, 2.75) is 55.8 Å². The van der Waals surface area contributed by atoms with Crippen LogP contribution in [0.25, 0.3) is 0 Å². The van der Waals surface area contributed by atoms with Crippen molar-refractivity contribution in [2.75, 3.05) is 6.54 Å². The van der Waals surface area contributed by atoms with Gasteiger partial charge in [-0.25, -0.2) is 0 Å². The average molecular weight is 222 g/mol. The van der Waals surface area contributed by atoms with E-state index in [0.29, 0.717) is 13.0 Å². The van der Waals surface area contributed by atoms with Gasteiger partial charge in [0.1, 0.15) is 5.54 Å². The zero-order chi connectivity index (χ0) is 11.2. The van der Waals surface area contributed by atoms with Gasteiger partial charge in [0, 0.05) is 5.54 Å². The first kappa shape index (κ1) is 11.2. The van der Waals surface area contributed by atoms with Gasteiger partial charge in [0.25, 0.3) is 0 Å². The molecule has 0 saturated heterocycles. The summed E-state index contributed by atoms with van der Waals surface area (Å²) in [5.41, 5.74) is 4.18. The largest absolute Gasteiger partial charge is 0.406 e. The Bertz CT molecular complexity index is 242. The fraction of sp³-hybridized carbons (Fsp3) is 1.00. The quantitative estimate of drug-likeness (QED) is 0.763. The fourth-order valence-electron chi connectivity index (χ4n) is 2.12. The molecule has 2 fully saturated rings. The minimum atomic E-state index is -4.10. The van der Waals surface area contributed by atoms with Crippen LogP contribution in [0.4, 0.5) is 13.2 Å². The zero-order valence-corrected chi connectivity index (χ0v) is 8.66. The molecule has 0 unspecified atom stereocenters. The van der Waals surface area contributed by atoms with Crippen LogP contribution in [0.2, 0.25) is 0 Å². The maximum absolute atomic E-state index is 12.5. The van der Waals surface area contributed by atoms with E-state index >= 15 is 0 Å². The summed E-state index contributed by atoms with van der Waals surface area (Å²) < 4.78 is 37.6. The number of nitrogens with one attached hydrogen (secondary N) is 1. The summed E-state index contributed by atoms with van der Waals surface area (Å²) in [7, 11) is 0. The van der Waals surface area contributed by atoms with Crippen LogP contribution in [-0.2, 0) is 0 Å². The van der Waals surface area contributed by atoms with Crippen molar-refractivity contribution in [2.24, 2.45) is 5.73 Å². The van der Waals surface area contributed by atoms with Crippen LogP contribution in [0.15, 0.2) is 0 Å². The lowest BCUT2D eigenvalue weighted by molar-refractivity contribution is -0.166. The molecule has 2 nitrogen and oxygen atoms in total. The van der Waals surface area contributed by atoms with Crippen molar-refractivity contribution in [3.63, 3.8) is 0 Å². The molecular weight excluding hydrogens is 205 g/mol. The summed E-state index contributed by atoms with van der Waals surface area (Å²) in [5, 5.41) is 2.63. The molecule has 2 aliphatic rings. The second-order valence-corrected chi connectivity index (χ2v) is 4.97. The molecule has 0 spiro atoms. The lowest BCUT2D eigenvalue weighted by Crippen LogP contribution is -2.51. The van der Waals surface area contributed by atoms with Crippen molar-refractivity contribution in [3.05, 3.63) is 0 Å². The molecule has 0 amide bonds. The maximum atomic E-state index is 12.5. The van der Waals surface area contributed by atoms with Crippen molar-refractivity contribution in [1.29, 1.82) is 0 Å². The van der Waals surface area contributed by atoms with Gasteiger partial charge < -0.3 is 11.1 Å². The highest BCUT2D eigenvalue weighted by atomic mass is 19.4. The van der Waals surface area contributed by atoms with Crippen LogP contribution >= 0.6 is 0 Å². The van der Waals surface area contributed by atoms with Gasteiger partial charge in [-0.05, 0) is 45.1 Å². The Morgan fingerprint density at radius 1 is 1.13 bits per heavy atom. The van der Waals surface area contributed by atoms with Crippen molar-refractivity contribution < 1.29 is 13.2 Å². The summed E-state index contributed by atoms with van der Waals surface area (Å²) in [6, 6.07) is 0. The molecule has 0 aliphatic heterocycles. The highest BCUT2D eigenvalue weighted by Gasteiger charge is 2.62. The lowest BCUT2D eigenvalue weighted by atomic mass is 9.75. The molecule has 3 N–H and O–H groups in total. The molecule has 0 aromatic rings. The van der Waals surface area contributed by atoms with Gasteiger partial charge in [-0.3, -0.25) is 0 Å². The maximum Gasteiger partial charge on any atom is 0.406 e. The van der Waals surface area contributed by atoms with Crippen LogP contribution in [0.5, 0.6) is 0 Å². The predicted octanol–water partition coefficient (Wildman–Crippen LogP) is 1.94. The number of hydrogen-bond donors (Lipinski definition) is 2. The van der Waals surface area contributed by atoms with Gasteiger partial charge in [-0.1, -0.05) is 0 Å². The molecule has 0 aromatic heterocycles. The standard InChI is InChI=1S/C10H17F3N2/c11-10(12,13)9(4-5-9)15-7-6-8(14)2-1-3-8/h15H,1-7,14H2. The third-order valence-electron chi connectivity index (χ3n) is 3.73. The molecule has 5 heteroatoms. The van der Waals surface area contributed by atoms with Crippen molar-refractivity contribution in [3.8, 4) is 0 Å². The van der Waals surface area contributed by atoms with Crippen LogP contribution < -0.4 is 11.1 Å². The zero-order valence-electron chi connectivity index (χ0n) is 8.66. The van der Waals surface area contributed by atoms with Crippen molar-refractivity contribution in [1.82, 2.24) is 5.32 Å². The number of hydrogen-bond acceptors (Lipinski definition) is 2. The van der Waals surface area contributed by atoms with Crippen LogP contribution in [0.1, 0.15) is 38.5 Å². The monoisotopic (exact) mass is 222 g/mol. The van der Waals surface area contributed by atoms with Gasteiger partial charge in [-0.15, -0.1) is 0 Å². The van der Waals surface area contributed by atoms with Crippen LogP contribution in [-0.4, -0.2) is 23.8 Å². The summed E-state index contributed by atoms with van der Waals surface area (Å²) in [5.74, 6) is 0. The summed E-state index contributed by atoms with van der Waals surface area (Å²) in [6.45, 7) is 0.385. The molecule has 0 aromatic carbocycles. The van der Waals surface area contributed by atoms with E-state index in [1.807, 2.05) is 0 Å². The van der Waals surface area contributed by atoms with E-state index in [1.165, 1.54) is 0 Å².